The lowest BCUT2D eigenvalue weighted by Crippen LogP contribution is -2.47. The summed E-state index contributed by atoms with van der Waals surface area (Å²) in [5, 5.41) is 0.968. The normalized spacial score (nSPS) is 25.9. The monoisotopic (exact) mass is 305 g/mol. The van der Waals surface area contributed by atoms with Crippen molar-refractivity contribution in [3.8, 4) is 0 Å². The van der Waals surface area contributed by atoms with Crippen LogP contribution in [0.3, 0.4) is 0 Å². The average molecular weight is 305 g/mol. The molecule has 2 aromatic rings. The van der Waals surface area contributed by atoms with E-state index in [0.717, 1.165) is 29.5 Å². The molecule has 2 nitrogen and oxygen atoms in total. The van der Waals surface area contributed by atoms with Gasteiger partial charge in [0, 0.05) is 22.2 Å². The molecule has 2 heterocycles. The molecule has 1 aromatic carbocycles. The molecule has 4 heteroatoms. The smallest absolute Gasteiger partial charge is 0.123 e. The van der Waals surface area contributed by atoms with Crippen molar-refractivity contribution in [1.29, 1.82) is 0 Å². The lowest BCUT2D eigenvalue weighted by Gasteiger charge is -2.48. The highest BCUT2D eigenvalue weighted by Gasteiger charge is 2.44. The molecule has 2 unspecified atom stereocenters. The molecule has 0 radical (unpaired) electrons. The fourth-order valence-corrected chi connectivity index (χ4v) is 4.86. The molecule has 0 bridgehead atoms. The zero-order valence-corrected chi connectivity index (χ0v) is 12.8. The van der Waals surface area contributed by atoms with Crippen LogP contribution in [0.25, 0.3) is 10.1 Å². The molecule has 0 amide bonds. The van der Waals surface area contributed by atoms with Gasteiger partial charge < -0.3 is 10.5 Å². The summed E-state index contributed by atoms with van der Waals surface area (Å²) < 4.78 is 20.4. The third-order valence-corrected chi connectivity index (χ3v) is 6.35. The van der Waals surface area contributed by atoms with E-state index in [1.54, 1.807) is 17.4 Å². The Bertz CT molecular complexity index is 664. The van der Waals surface area contributed by atoms with Crippen LogP contribution in [0.4, 0.5) is 4.39 Å². The Morgan fingerprint density at radius 3 is 2.95 bits per heavy atom. The third-order valence-electron chi connectivity index (χ3n) is 5.13. The quantitative estimate of drug-likeness (QED) is 0.893. The first-order valence-corrected chi connectivity index (χ1v) is 8.55. The maximum atomic E-state index is 13.3. The van der Waals surface area contributed by atoms with Crippen molar-refractivity contribution in [1.82, 2.24) is 0 Å². The zero-order chi connectivity index (χ0) is 14.4. The Morgan fingerprint density at radius 2 is 2.19 bits per heavy atom. The van der Waals surface area contributed by atoms with Gasteiger partial charge in [-0.1, -0.05) is 0 Å². The lowest BCUT2D eigenvalue weighted by atomic mass is 9.70. The Hall–Kier alpha value is -0.970. The molecule has 2 N–H and O–H groups in total. The van der Waals surface area contributed by atoms with Crippen LogP contribution in [0.15, 0.2) is 24.3 Å². The van der Waals surface area contributed by atoms with Crippen molar-refractivity contribution < 1.29 is 9.13 Å². The first kappa shape index (κ1) is 13.7. The van der Waals surface area contributed by atoms with E-state index in [0.29, 0.717) is 5.92 Å². The number of halogens is 1. The molecule has 21 heavy (non-hydrogen) atoms. The first-order chi connectivity index (χ1) is 10.2. The van der Waals surface area contributed by atoms with Crippen molar-refractivity contribution in [3.05, 3.63) is 35.0 Å². The summed E-state index contributed by atoms with van der Waals surface area (Å²) in [5.74, 6) is 0.303. The molecule has 1 aliphatic carbocycles. The molecule has 2 aliphatic rings. The topological polar surface area (TPSA) is 35.2 Å². The van der Waals surface area contributed by atoms with Crippen molar-refractivity contribution in [2.75, 3.05) is 6.61 Å². The lowest BCUT2D eigenvalue weighted by molar-refractivity contribution is -0.146. The highest BCUT2D eigenvalue weighted by Crippen LogP contribution is 2.47. The summed E-state index contributed by atoms with van der Waals surface area (Å²) in [6.07, 6.45) is 5.77. The first-order valence-electron chi connectivity index (χ1n) is 7.74. The van der Waals surface area contributed by atoms with Crippen LogP contribution in [0.1, 0.15) is 43.0 Å². The average Bonchev–Trinajstić information content (AvgIpc) is 2.88. The second-order valence-corrected chi connectivity index (χ2v) is 7.61. The molecule has 1 saturated heterocycles. The van der Waals surface area contributed by atoms with Crippen LogP contribution < -0.4 is 5.73 Å². The fraction of sp³-hybridized carbons (Fsp3) is 0.529. The SMILES string of the molecule is NC(c1cc2cc(F)ccc2s1)C1CCOC2(CCC2)C1. The number of fused-ring (bicyclic) bond motifs is 1. The van der Waals surface area contributed by atoms with E-state index in [4.69, 9.17) is 10.5 Å². The van der Waals surface area contributed by atoms with Gasteiger partial charge in [-0.2, -0.15) is 0 Å². The van der Waals surface area contributed by atoms with E-state index >= 15 is 0 Å². The summed E-state index contributed by atoms with van der Waals surface area (Å²) in [7, 11) is 0. The maximum absolute atomic E-state index is 13.3. The number of rotatable bonds is 2. The minimum absolute atomic E-state index is 0.0480. The second kappa shape index (κ2) is 5.04. The Balaban J connectivity index is 1.58. The van der Waals surface area contributed by atoms with Gasteiger partial charge in [-0.3, -0.25) is 0 Å². The predicted octanol–water partition coefficient (Wildman–Crippen LogP) is 4.39. The fourth-order valence-electron chi connectivity index (χ4n) is 3.72. The van der Waals surface area contributed by atoms with Gasteiger partial charge in [0.25, 0.3) is 0 Å². The predicted molar refractivity (Wildman–Crippen MR) is 84.0 cm³/mol. The van der Waals surface area contributed by atoms with Gasteiger partial charge in [-0.25, -0.2) is 4.39 Å². The second-order valence-electron chi connectivity index (χ2n) is 6.49. The molecule has 1 saturated carbocycles. The van der Waals surface area contributed by atoms with Crippen molar-refractivity contribution in [2.24, 2.45) is 11.7 Å². The molecule has 112 valence electrons. The molecular formula is C17H20FNOS. The van der Waals surface area contributed by atoms with E-state index < -0.39 is 0 Å². The highest BCUT2D eigenvalue weighted by molar-refractivity contribution is 7.19. The zero-order valence-electron chi connectivity index (χ0n) is 12.0. The number of hydrogen-bond donors (Lipinski definition) is 1. The number of benzene rings is 1. The van der Waals surface area contributed by atoms with E-state index in [2.05, 4.69) is 6.07 Å². The van der Waals surface area contributed by atoms with Gasteiger partial charge in [-0.05, 0) is 67.7 Å². The van der Waals surface area contributed by atoms with Crippen LogP contribution in [0.5, 0.6) is 0 Å². The van der Waals surface area contributed by atoms with Crippen molar-refractivity contribution in [3.63, 3.8) is 0 Å². The summed E-state index contributed by atoms with van der Waals surface area (Å²) in [6.45, 7) is 0.831. The molecule has 2 atom stereocenters. The number of hydrogen-bond acceptors (Lipinski definition) is 3. The molecule has 2 fully saturated rings. The van der Waals surface area contributed by atoms with Gasteiger partial charge in [0.05, 0.1) is 5.60 Å². The Labute approximate surface area is 128 Å². The van der Waals surface area contributed by atoms with Crippen LogP contribution in [-0.2, 0) is 4.74 Å². The Morgan fingerprint density at radius 1 is 1.33 bits per heavy atom. The minimum Gasteiger partial charge on any atom is -0.375 e. The van der Waals surface area contributed by atoms with Crippen LogP contribution >= 0.6 is 11.3 Å². The summed E-state index contributed by atoms with van der Waals surface area (Å²) >= 11 is 1.70. The van der Waals surface area contributed by atoms with E-state index in [9.17, 15) is 4.39 Å². The van der Waals surface area contributed by atoms with Gasteiger partial charge in [-0.15, -0.1) is 11.3 Å². The van der Waals surface area contributed by atoms with E-state index in [-0.39, 0.29) is 17.5 Å². The van der Waals surface area contributed by atoms with Gasteiger partial charge in [0.2, 0.25) is 0 Å². The molecule has 4 rings (SSSR count). The van der Waals surface area contributed by atoms with E-state index in [1.807, 2.05) is 6.07 Å². The van der Waals surface area contributed by atoms with Crippen molar-refractivity contribution >= 4 is 21.4 Å². The van der Waals surface area contributed by atoms with Crippen LogP contribution in [0.2, 0.25) is 0 Å². The van der Waals surface area contributed by atoms with Crippen LogP contribution in [-0.4, -0.2) is 12.2 Å². The highest BCUT2D eigenvalue weighted by atomic mass is 32.1. The van der Waals surface area contributed by atoms with Gasteiger partial charge >= 0.3 is 0 Å². The standard InChI is InChI=1S/C17H20FNOS/c18-13-2-3-14-12(8-13)9-15(21-14)16(19)11-4-7-20-17(10-11)5-1-6-17/h2-3,8-9,11,16H,1,4-7,10,19H2. The summed E-state index contributed by atoms with van der Waals surface area (Å²) in [4.78, 5) is 1.18. The number of nitrogens with two attached hydrogens (primary N) is 1. The molecule has 1 aliphatic heterocycles. The Kier molecular flexibility index (Phi) is 3.28. The maximum Gasteiger partial charge on any atom is 0.123 e. The minimum atomic E-state index is -0.181. The third kappa shape index (κ3) is 2.39. The van der Waals surface area contributed by atoms with Gasteiger partial charge in [0.1, 0.15) is 5.82 Å². The van der Waals surface area contributed by atoms with Gasteiger partial charge in [0.15, 0.2) is 0 Å². The molecule has 1 aromatic heterocycles. The number of thiophene rings is 1. The summed E-state index contributed by atoms with van der Waals surface area (Å²) in [5.41, 5.74) is 6.66. The molecule has 1 spiro atoms. The van der Waals surface area contributed by atoms with Crippen LogP contribution in [0, 0.1) is 11.7 Å². The summed E-state index contributed by atoms with van der Waals surface area (Å²) in [6, 6.07) is 7.08. The van der Waals surface area contributed by atoms with E-state index in [1.165, 1.54) is 30.2 Å². The molecular weight excluding hydrogens is 285 g/mol. The number of ether oxygens (including phenoxy) is 1. The van der Waals surface area contributed by atoms with Crippen molar-refractivity contribution in [2.45, 2.75) is 43.7 Å². The largest absolute Gasteiger partial charge is 0.375 e.